The molecule has 0 aromatic heterocycles. The number of nitrogens with zero attached hydrogens (tertiary/aromatic N) is 1. The minimum atomic E-state index is -0.747. The lowest BCUT2D eigenvalue weighted by Crippen LogP contribution is -2.29. The third-order valence-corrected chi connectivity index (χ3v) is 6.44. The van der Waals surface area contributed by atoms with E-state index >= 15 is 0 Å². The van der Waals surface area contributed by atoms with Crippen LogP contribution in [0.5, 0.6) is 0 Å². The highest BCUT2D eigenvalue weighted by Crippen LogP contribution is 2.42. The van der Waals surface area contributed by atoms with Crippen molar-refractivity contribution in [3.05, 3.63) is 103 Å². The van der Waals surface area contributed by atoms with E-state index in [4.69, 9.17) is 0 Å². The molecule has 1 heterocycles. The third kappa shape index (κ3) is 3.89. The SMILES string of the molecule is O=C1C(=O)N(c2ccc(Br)cc2)C(c2ccc(Br)cc2)C1=C(O)c1ccc(Br)cc1. The van der Waals surface area contributed by atoms with Gasteiger partial charge in [0.1, 0.15) is 5.76 Å². The molecule has 1 saturated heterocycles. The standard InChI is InChI=1S/C23H14Br3NO3/c24-15-5-1-13(2-6-15)20-19(21(28)14-3-7-16(25)8-4-14)22(29)23(30)27(20)18-11-9-17(26)10-12-18/h1-12,20,28H. The highest BCUT2D eigenvalue weighted by Gasteiger charge is 2.46. The van der Waals surface area contributed by atoms with Crippen LogP contribution in [0.3, 0.4) is 0 Å². The summed E-state index contributed by atoms with van der Waals surface area (Å²) in [5.74, 6) is -1.59. The molecule has 3 aromatic rings. The zero-order valence-corrected chi connectivity index (χ0v) is 20.1. The molecule has 0 radical (unpaired) electrons. The summed E-state index contributed by atoms with van der Waals surface area (Å²) in [6.45, 7) is 0. The molecule has 4 nitrogen and oxygen atoms in total. The molecule has 1 aliphatic heterocycles. The fraction of sp³-hybridized carbons (Fsp3) is 0.0435. The van der Waals surface area contributed by atoms with E-state index in [0.29, 0.717) is 11.3 Å². The number of carbonyl (C=O) groups excluding carboxylic acids is 2. The van der Waals surface area contributed by atoms with Crippen LogP contribution in [0.4, 0.5) is 5.69 Å². The molecular formula is C23H14Br3NO3. The summed E-state index contributed by atoms with van der Waals surface area (Å²) in [5.41, 5.74) is 1.82. The van der Waals surface area contributed by atoms with Crippen LogP contribution in [0.1, 0.15) is 17.2 Å². The number of halogens is 3. The number of anilines is 1. The molecule has 0 spiro atoms. The highest BCUT2D eigenvalue weighted by atomic mass is 79.9. The number of hydrogen-bond acceptors (Lipinski definition) is 3. The largest absolute Gasteiger partial charge is 0.507 e. The van der Waals surface area contributed by atoms with Gasteiger partial charge in [-0.3, -0.25) is 14.5 Å². The second-order valence-corrected chi connectivity index (χ2v) is 9.45. The summed E-state index contributed by atoms with van der Waals surface area (Å²) in [4.78, 5) is 27.5. The molecule has 1 amide bonds. The van der Waals surface area contributed by atoms with Gasteiger partial charge in [0.25, 0.3) is 11.7 Å². The van der Waals surface area contributed by atoms with E-state index in [-0.39, 0.29) is 11.3 Å². The Morgan fingerprint density at radius 2 is 1.20 bits per heavy atom. The smallest absolute Gasteiger partial charge is 0.300 e. The zero-order chi connectivity index (χ0) is 21.4. The molecule has 7 heteroatoms. The number of ketones is 1. The van der Waals surface area contributed by atoms with Crippen molar-refractivity contribution in [1.82, 2.24) is 0 Å². The molecule has 0 saturated carbocycles. The van der Waals surface area contributed by atoms with Crippen molar-refractivity contribution in [2.75, 3.05) is 4.90 Å². The third-order valence-electron chi connectivity index (χ3n) is 4.85. The summed E-state index contributed by atoms with van der Waals surface area (Å²) >= 11 is 10.2. The highest BCUT2D eigenvalue weighted by molar-refractivity contribution is 9.11. The Hall–Kier alpha value is -2.22. The van der Waals surface area contributed by atoms with Crippen LogP contribution in [0.25, 0.3) is 5.76 Å². The van der Waals surface area contributed by atoms with E-state index in [1.165, 1.54) is 4.90 Å². The zero-order valence-electron chi connectivity index (χ0n) is 15.4. The van der Waals surface area contributed by atoms with Gasteiger partial charge in [-0.15, -0.1) is 0 Å². The molecule has 1 aliphatic rings. The van der Waals surface area contributed by atoms with Gasteiger partial charge < -0.3 is 5.11 Å². The Kier molecular flexibility index (Phi) is 5.95. The molecule has 1 atom stereocenters. The molecule has 1 unspecified atom stereocenters. The number of benzene rings is 3. The summed E-state index contributed by atoms with van der Waals surface area (Å²) in [7, 11) is 0. The average molecular weight is 592 g/mol. The summed E-state index contributed by atoms with van der Waals surface area (Å²) < 4.78 is 2.58. The van der Waals surface area contributed by atoms with Gasteiger partial charge in [0, 0.05) is 24.7 Å². The number of aliphatic hydroxyl groups excluding tert-OH is 1. The van der Waals surface area contributed by atoms with Crippen molar-refractivity contribution in [2.24, 2.45) is 0 Å². The fourth-order valence-electron chi connectivity index (χ4n) is 3.42. The quantitative estimate of drug-likeness (QED) is 0.212. The van der Waals surface area contributed by atoms with Crippen molar-refractivity contribution >= 4 is 70.9 Å². The van der Waals surface area contributed by atoms with Crippen LogP contribution in [-0.4, -0.2) is 16.8 Å². The van der Waals surface area contributed by atoms with Crippen LogP contribution in [0.15, 0.2) is 91.8 Å². The minimum Gasteiger partial charge on any atom is -0.507 e. The lowest BCUT2D eigenvalue weighted by atomic mass is 9.95. The van der Waals surface area contributed by atoms with Crippen LogP contribution in [0.2, 0.25) is 0 Å². The molecule has 4 rings (SSSR count). The first-order chi connectivity index (χ1) is 14.4. The first-order valence-corrected chi connectivity index (χ1v) is 11.3. The Labute approximate surface area is 198 Å². The molecule has 150 valence electrons. The van der Waals surface area contributed by atoms with Crippen molar-refractivity contribution in [2.45, 2.75) is 6.04 Å². The van der Waals surface area contributed by atoms with Crippen LogP contribution < -0.4 is 4.90 Å². The van der Waals surface area contributed by atoms with Gasteiger partial charge in [0.2, 0.25) is 0 Å². The van der Waals surface area contributed by atoms with Gasteiger partial charge in [0.05, 0.1) is 11.6 Å². The van der Waals surface area contributed by atoms with E-state index < -0.39 is 17.7 Å². The molecule has 0 aliphatic carbocycles. The molecule has 30 heavy (non-hydrogen) atoms. The van der Waals surface area contributed by atoms with Crippen molar-refractivity contribution in [3.8, 4) is 0 Å². The van der Waals surface area contributed by atoms with Gasteiger partial charge in [-0.25, -0.2) is 0 Å². The number of Topliss-reactive ketones (excluding diaryl/α,β-unsaturated/α-hetero) is 1. The molecule has 1 fully saturated rings. The van der Waals surface area contributed by atoms with Crippen molar-refractivity contribution in [3.63, 3.8) is 0 Å². The Bertz CT molecular complexity index is 1150. The normalized spacial score (nSPS) is 18.1. The predicted octanol–water partition coefficient (Wildman–Crippen LogP) is 6.60. The lowest BCUT2D eigenvalue weighted by Gasteiger charge is -2.25. The molecule has 0 bridgehead atoms. The Morgan fingerprint density at radius 3 is 1.73 bits per heavy atom. The number of aliphatic hydroxyl groups is 1. The number of rotatable bonds is 3. The first-order valence-electron chi connectivity index (χ1n) is 8.95. The minimum absolute atomic E-state index is 0.0626. The summed E-state index contributed by atoms with van der Waals surface area (Å²) in [6.07, 6.45) is 0. The van der Waals surface area contributed by atoms with Crippen molar-refractivity contribution < 1.29 is 14.7 Å². The van der Waals surface area contributed by atoms with E-state index in [1.807, 2.05) is 36.4 Å². The summed E-state index contributed by atoms with van der Waals surface area (Å²) in [5, 5.41) is 11.0. The van der Waals surface area contributed by atoms with E-state index in [9.17, 15) is 14.7 Å². The average Bonchev–Trinajstić information content (AvgIpc) is 3.00. The predicted molar refractivity (Wildman–Crippen MR) is 127 cm³/mol. The van der Waals surface area contributed by atoms with E-state index in [0.717, 1.165) is 19.0 Å². The number of hydrogen-bond donors (Lipinski definition) is 1. The molecule has 1 N–H and O–H groups in total. The topological polar surface area (TPSA) is 57.6 Å². The second kappa shape index (κ2) is 8.49. The number of carbonyl (C=O) groups is 2. The van der Waals surface area contributed by atoms with Gasteiger partial charge in [0.15, 0.2) is 0 Å². The van der Waals surface area contributed by atoms with Gasteiger partial charge in [-0.05, 0) is 54.1 Å². The maximum Gasteiger partial charge on any atom is 0.300 e. The monoisotopic (exact) mass is 589 g/mol. The van der Waals surface area contributed by atoms with E-state index in [2.05, 4.69) is 47.8 Å². The first kappa shape index (κ1) is 21.0. The molecule has 3 aromatic carbocycles. The van der Waals surface area contributed by atoms with Crippen LogP contribution >= 0.6 is 47.8 Å². The maximum atomic E-state index is 13.1. The number of amides is 1. The van der Waals surface area contributed by atoms with Crippen molar-refractivity contribution in [1.29, 1.82) is 0 Å². The van der Waals surface area contributed by atoms with E-state index in [1.54, 1.807) is 36.4 Å². The van der Waals surface area contributed by atoms with Crippen LogP contribution in [0, 0.1) is 0 Å². The van der Waals surface area contributed by atoms with Gasteiger partial charge in [-0.1, -0.05) is 72.1 Å². The van der Waals surface area contributed by atoms with Crippen LogP contribution in [-0.2, 0) is 9.59 Å². The maximum absolute atomic E-state index is 13.1. The second-order valence-electron chi connectivity index (χ2n) is 6.70. The Morgan fingerprint density at radius 1 is 0.733 bits per heavy atom. The lowest BCUT2D eigenvalue weighted by molar-refractivity contribution is -0.132. The Balaban J connectivity index is 1.93. The fourth-order valence-corrected chi connectivity index (χ4v) is 4.22. The molecular weight excluding hydrogens is 578 g/mol. The van der Waals surface area contributed by atoms with Gasteiger partial charge >= 0.3 is 0 Å². The summed E-state index contributed by atoms with van der Waals surface area (Å²) in [6, 6.07) is 20.7. The van der Waals surface area contributed by atoms with Gasteiger partial charge in [-0.2, -0.15) is 0 Å².